The zero-order valence-corrected chi connectivity index (χ0v) is 8.60. The second-order valence-electron chi connectivity index (χ2n) is 3.10. The molecule has 4 nitrogen and oxygen atoms in total. The van der Waals surface area contributed by atoms with Crippen molar-refractivity contribution in [3.63, 3.8) is 0 Å². The first-order valence-corrected chi connectivity index (χ1v) is 4.55. The lowest BCUT2D eigenvalue weighted by Crippen LogP contribution is -2.27. The molecule has 0 unspecified atom stereocenters. The topological polar surface area (TPSA) is 62.0 Å². The van der Waals surface area contributed by atoms with Crippen molar-refractivity contribution in [2.75, 3.05) is 7.05 Å². The van der Waals surface area contributed by atoms with E-state index in [1.54, 1.807) is 6.07 Å². The molecule has 4 heteroatoms. The number of aryl methyl sites for hydroxylation is 2. The van der Waals surface area contributed by atoms with Crippen LogP contribution >= 0.6 is 0 Å². The van der Waals surface area contributed by atoms with E-state index in [0.717, 1.165) is 17.7 Å². The Labute approximate surface area is 82.3 Å². The van der Waals surface area contributed by atoms with Gasteiger partial charge in [0.1, 0.15) is 5.56 Å². The van der Waals surface area contributed by atoms with Crippen molar-refractivity contribution in [1.29, 1.82) is 0 Å². The summed E-state index contributed by atoms with van der Waals surface area (Å²) in [7, 11) is 1.51. The predicted molar refractivity (Wildman–Crippen MR) is 54.6 cm³/mol. The molecule has 0 aliphatic heterocycles. The van der Waals surface area contributed by atoms with E-state index in [4.69, 9.17) is 0 Å². The summed E-state index contributed by atoms with van der Waals surface area (Å²) in [5.41, 5.74) is 1.65. The lowest BCUT2D eigenvalue weighted by molar-refractivity contribution is 0.0961. The van der Waals surface area contributed by atoms with Gasteiger partial charge in [-0.3, -0.25) is 9.59 Å². The van der Waals surface area contributed by atoms with Crippen LogP contribution in [0, 0.1) is 6.92 Å². The molecule has 1 aromatic rings. The molecule has 0 fully saturated rings. The lowest BCUT2D eigenvalue weighted by atomic mass is 10.1. The van der Waals surface area contributed by atoms with Crippen LogP contribution in [0.15, 0.2) is 10.9 Å². The molecule has 0 aliphatic rings. The number of rotatable bonds is 2. The van der Waals surface area contributed by atoms with Crippen molar-refractivity contribution in [2.24, 2.45) is 0 Å². The van der Waals surface area contributed by atoms with Gasteiger partial charge >= 0.3 is 0 Å². The van der Waals surface area contributed by atoms with Gasteiger partial charge in [-0.2, -0.15) is 0 Å². The summed E-state index contributed by atoms with van der Waals surface area (Å²) in [6.45, 7) is 3.81. The molecule has 0 saturated carbocycles. The fourth-order valence-corrected chi connectivity index (χ4v) is 1.34. The molecule has 0 saturated heterocycles. The molecule has 0 spiro atoms. The van der Waals surface area contributed by atoms with Crippen molar-refractivity contribution < 1.29 is 4.79 Å². The summed E-state index contributed by atoms with van der Waals surface area (Å²) in [6, 6.07) is 1.65. The molecule has 1 amide bonds. The van der Waals surface area contributed by atoms with Gasteiger partial charge in [0.2, 0.25) is 0 Å². The summed E-state index contributed by atoms with van der Waals surface area (Å²) >= 11 is 0. The number of aromatic amines is 1. The maximum absolute atomic E-state index is 11.4. The monoisotopic (exact) mass is 194 g/mol. The van der Waals surface area contributed by atoms with Crippen LogP contribution in [0.1, 0.15) is 28.5 Å². The molecule has 1 rings (SSSR count). The lowest BCUT2D eigenvalue weighted by Gasteiger charge is -2.05. The molecule has 2 N–H and O–H groups in total. The normalized spacial score (nSPS) is 9.93. The molecule has 1 aromatic heterocycles. The third-order valence-corrected chi connectivity index (χ3v) is 2.20. The van der Waals surface area contributed by atoms with Gasteiger partial charge in [0.05, 0.1) is 0 Å². The van der Waals surface area contributed by atoms with Crippen LogP contribution in [-0.4, -0.2) is 17.9 Å². The van der Waals surface area contributed by atoms with Crippen molar-refractivity contribution in [3.05, 3.63) is 33.2 Å². The number of aromatic nitrogens is 1. The summed E-state index contributed by atoms with van der Waals surface area (Å²) in [5, 5.41) is 2.43. The van der Waals surface area contributed by atoms with Gasteiger partial charge in [-0.1, -0.05) is 6.92 Å². The van der Waals surface area contributed by atoms with E-state index >= 15 is 0 Å². The Morgan fingerprint density at radius 1 is 1.57 bits per heavy atom. The number of H-pyrrole nitrogens is 1. The number of amides is 1. The van der Waals surface area contributed by atoms with E-state index in [0.29, 0.717) is 0 Å². The van der Waals surface area contributed by atoms with Gasteiger partial charge in [0.15, 0.2) is 0 Å². The minimum atomic E-state index is -0.346. The van der Waals surface area contributed by atoms with Gasteiger partial charge in [-0.25, -0.2) is 0 Å². The molecule has 0 radical (unpaired) electrons. The fraction of sp³-hybridized carbons (Fsp3) is 0.400. The third-order valence-electron chi connectivity index (χ3n) is 2.20. The van der Waals surface area contributed by atoms with E-state index in [1.807, 2.05) is 13.8 Å². The highest BCUT2D eigenvalue weighted by Crippen LogP contribution is 2.05. The minimum absolute atomic E-state index is 0.176. The number of pyridine rings is 1. The van der Waals surface area contributed by atoms with Crippen LogP contribution in [0.25, 0.3) is 0 Å². The van der Waals surface area contributed by atoms with Crippen LogP contribution < -0.4 is 10.9 Å². The standard InChI is InChI=1S/C10H14N2O2/c1-4-7-5-8(9(13)11-3)10(14)12-6(7)2/h5H,4H2,1-3H3,(H,11,13)(H,12,14). The maximum atomic E-state index is 11.4. The zero-order chi connectivity index (χ0) is 10.7. The number of carbonyl (C=O) groups excluding carboxylic acids is 1. The second kappa shape index (κ2) is 4.09. The molecule has 0 aromatic carbocycles. The number of nitrogens with one attached hydrogen (secondary N) is 2. The van der Waals surface area contributed by atoms with E-state index in [2.05, 4.69) is 10.3 Å². The maximum Gasteiger partial charge on any atom is 0.261 e. The zero-order valence-electron chi connectivity index (χ0n) is 8.60. The van der Waals surface area contributed by atoms with Crippen LogP contribution in [0.4, 0.5) is 0 Å². The highest BCUT2D eigenvalue weighted by molar-refractivity contribution is 5.93. The molecule has 76 valence electrons. The SMILES string of the molecule is CCc1cc(C(=O)NC)c(=O)[nH]c1C. The highest BCUT2D eigenvalue weighted by Gasteiger charge is 2.10. The Morgan fingerprint density at radius 2 is 2.21 bits per heavy atom. The van der Waals surface area contributed by atoms with Crippen molar-refractivity contribution in [1.82, 2.24) is 10.3 Å². The Bertz CT molecular complexity index is 407. The van der Waals surface area contributed by atoms with Crippen LogP contribution in [0.2, 0.25) is 0 Å². The first kappa shape index (κ1) is 10.5. The van der Waals surface area contributed by atoms with Crippen molar-refractivity contribution in [3.8, 4) is 0 Å². The first-order chi connectivity index (χ1) is 6.60. The van der Waals surface area contributed by atoms with Crippen LogP contribution in [0.3, 0.4) is 0 Å². The molecule has 0 aliphatic carbocycles. The van der Waals surface area contributed by atoms with Crippen molar-refractivity contribution in [2.45, 2.75) is 20.3 Å². The molecular weight excluding hydrogens is 180 g/mol. The number of carbonyl (C=O) groups is 1. The van der Waals surface area contributed by atoms with Crippen molar-refractivity contribution >= 4 is 5.91 Å². The number of hydrogen-bond acceptors (Lipinski definition) is 2. The summed E-state index contributed by atoms with van der Waals surface area (Å²) in [6.07, 6.45) is 0.798. The quantitative estimate of drug-likeness (QED) is 0.724. The average Bonchev–Trinajstić information content (AvgIpc) is 2.17. The van der Waals surface area contributed by atoms with Crippen LogP contribution in [0.5, 0.6) is 0 Å². The second-order valence-corrected chi connectivity index (χ2v) is 3.10. The van der Waals surface area contributed by atoms with E-state index in [1.165, 1.54) is 7.05 Å². The third kappa shape index (κ3) is 1.84. The van der Waals surface area contributed by atoms with E-state index in [-0.39, 0.29) is 17.0 Å². The highest BCUT2D eigenvalue weighted by atomic mass is 16.2. The van der Waals surface area contributed by atoms with Gasteiger partial charge in [0.25, 0.3) is 11.5 Å². The Hall–Kier alpha value is -1.58. The molecular formula is C10H14N2O2. The Morgan fingerprint density at radius 3 is 2.71 bits per heavy atom. The number of hydrogen-bond donors (Lipinski definition) is 2. The van der Waals surface area contributed by atoms with Crippen LogP contribution in [-0.2, 0) is 6.42 Å². The van der Waals surface area contributed by atoms with Gasteiger partial charge in [-0.15, -0.1) is 0 Å². The average molecular weight is 194 g/mol. The molecule has 14 heavy (non-hydrogen) atoms. The molecule has 1 heterocycles. The molecule has 0 atom stereocenters. The fourth-order valence-electron chi connectivity index (χ4n) is 1.34. The van der Waals surface area contributed by atoms with Gasteiger partial charge in [0, 0.05) is 12.7 Å². The van der Waals surface area contributed by atoms with Gasteiger partial charge in [-0.05, 0) is 25.0 Å². The predicted octanol–water partition coefficient (Wildman–Crippen LogP) is 0.605. The first-order valence-electron chi connectivity index (χ1n) is 4.55. The Balaban J connectivity index is 3.31. The largest absolute Gasteiger partial charge is 0.355 e. The van der Waals surface area contributed by atoms with E-state index in [9.17, 15) is 9.59 Å². The van der Waals surface area contributed by atoms with E-state index < -0.39 is 0 Å². The summed E-state index contributed by atoms with van der Waals surface area (Å²) < 4.78 is 0. The van der Waals surface area contributed by atoms with Gasteiger partial charge < -0.3 is 10.3 Å². The smallest absolute Gasteiger partial charge is 0.261 e. The molecule has 0 bridgehead atoms. The minimum Gasteiger partial charge on any atom is -0.355 e. The summed E-state index contributed by atoms with van der Waals surface area (Å²) in [5.74, 6) is -0.346. The summed E-state index contributed by atoms with van der Waals surface area (Å²) in [4.78, 5) is 25.3. The Kier molecular flexibility index (Phi) is 3.06.